The molecule has 2 aromatic carbocycles. The first kappa shape index (κ1) is 24.4. The molecule has 2 saturated carbocycles. The first-order chi connectivity index (χ1) is 20.0. The SMILES string of the molecule is Cn1cnnc1-c1cc(C#N)ccc1-c1cc(C2CC2)nc(N2Cc3c(F)cc(CN4CCC5CC54)cc3C2=O)c1. The van der Waals surface area contributed by atoms with Gasteiger partial charge in [-0.3, -0.25) is 14.6 Å². The second-order valence-corrected chi connectivity index (χ2v) is 11.9. The summed E-state index contributed by atoms with van der Waals surface area (Å²) in [6.45, 7) is 1.88. The van der Waals surface area contributed by atoms with E-state index in [1.165, 1.54) is 12.8 Å². The molecular formula is C32H28FN7O. The van der Waals surface area contributed by atoms with Gasteiger partial charge in [0.15, 0.2) is 5.82 Å². The van der Waals surface area contributed by atoms with Gasteiger partial charge in [0, 0.05) is 47.9 Å². The van der Waals surface area contributed by atoms with Crippen LogP contribution in [-0.4, -0.2) is 43.1 Å². The van der Waals surface area contributed by atoms with Crippen molar-refractivity contribution in [1.29, 1.82) is 5.26 Å². The first-order valence-corrected chi connectivity index (χ1v) is 14.2. The van der Waals surface area contributed by atoms with E-state index in [0.29, 0.717) is 46.8 Å². The van der Waals surface area contributed by atoms with Crippen LogP contribution in [0.25, 0.3) is 22.5 Å². The molecule has 41 heavy (non-hydrogen) atoms. The number of halogens is 1. The number of nitriles is 1. The maximum Gasteiger partial charge on any atom is 0.260 e. The molecule has 1 saturated heterocycles. The Bertz CT molecular complexity index is 1790. The number of aryl methyl sites for hydroxylation is 1. The number of hydrogen-bond donors (Lipinski definition) is 0. The molecule has 4 heterocycles. The largest absolute Gasteiger partial charge is 0.317 e. The maximum atomic E-state index is 15.4. The smallest absolute Gasteiger partial charge is 0.260 e. The maximum absolute atomic E-state index is 15.4. The van der Waals surface area contributed by atoms with E-state index < -0.39 is 0 Å². The topological polar surface area (TPSA) is 90.9 Å². The number of hydrogen-bond acceptors (Lipinski definition) is 6. The van der Waals surface area contributed by atoms with E-state index in [9.17, 15) is 10.1 Å². The molecule has 3 fully saturated rings. The molecule has 0 radical (unpaired) electrons. The number of aromatic nitrogens is 4. The third-order valence-corrected chi connectivity index (χ3v) is 9.09. The van der Waals surface area contributed by atoms with Crippen molar-refractivity contribution in [3.05, 3.63) is 82.6 Å². The lowest BCUT2D eigenvalue weighted by Crippen LogP contribution is -2.25. The Kier molecular flexibility index (Phi) is 5.38. The second-order valence-electron chi connectivity index (χ2n) is 11.9. The summed E-state index contributed by atoms with van der Waals surface area (Å²) in [7, 11) is 1.86. The van der Waals surface area contributed by atoms with Crippen molar-refractivity contribution in [3.8, 4) is 28.6 Å². The summed E-state index contributed by atoms with van der Waals surface area (Å²) in [6.07, 6.45) is 6.17. The minimum Gasteiger partial charge on any atom is -0.317 e. The number of benzene rings is 2. The summed E-state index contributed by atoms with van der Waals surface area (Å²) in [5, 5.41) is 17.9. The Morgan fingerprint density at radius 1 is 1.07 bits per heavy atom. The molecule has 2 aliphatic heterocycles. The van der Waals surface area contributed by atoms with Crippen LogP contribution in [0.15, 0.2) is 48.8 Å². The minimum atomic E-state index is -0.324. The third-order valence-electron chi connectivity index (χ3n) is 9.09. The first-order valence-electron chi connectivity index (χ1n) is 14.2. The van der Waals surface area contributed by atoms with Crippen molar-refractivity contribution in [2.75, 3.05) is 11.4 Å². The number of anilines is 1. The summed E-state index contributed by atoms with van der Waals surface area (Å²) in [5.41, 5.74) is 5.68. The van der Waals surface area contributed by atoms with Gasteiger partial charge in [-0.2, -0.15) is 5.26 Å². The Balaban J connectivity index is 1.18. The van der Waals surface area contributed by atoms with Crippen molar-refractivity contribution in [2.45, 2.75) is 50.7 Å². The third kappa shape index (κ3) is 4.13. The van der Waals surface area contributed by atoms with E-state index in [4.69, 9.17) is 4.98 Å². The van der Waals surface area contributed by atoms with E-state index in [2.05, 4.69) is 27.2 Å². The van der Waals surface area contributed by atoms with E-state index in [-0.39, 0.29) is 18.3 Å². The second kappa shape index (κ2) is 9.05. The number of nitrogens with zero attached hydrogens (tertiary/aromatic N) is 7. The molecule has 0 N–H and O–H groups in total. The van der Waals surface area contributed by atoms with Gasteiger partial charge in [-0.05, 0) is 91.2 Å². The standard InChI is InChI=1S/C32H28FN7O/c1-38-17-35-37-31(38)24-8-18(14-34)2-5-23(24)22-11-28(20-3-4-20)36-30(13-22)40-16-26-25(32(40)41)9-19(10-27(26)33)15-39-7-6-21-12-29(21)39/h2,5,8-11,13,17,20-21,29H,3-4,6-7,12,15-16H2,1H3. The van der Waals surface area contributed by atoms with Crippen LogP contribution >= 0.6 is 0 Å². The number of piperidine rings is 1. The normalized spacial score (nSPS) is 21.2. The lowest BCUT2D eigenvalue weighted by atomic mass is 9.96. The van der Waals surface area contributed by atoms with Crippen LogP contribution in [0.5, 0.6) is 0 Å². The van der Waals surface area contributed by atoms with Crippen LogP contribution < -0.4 is 4.90 Å². The minimum absolute atomic E-state index is 0.152. The number of carbonyl (C=O) groups excluding carboxylic acids is 1. The van der Waals surface area contributed by atoms with E-state index in [0.717, 1.165) is 53.3 Å². The number of amides is 1. The summed E-state index contributed by atoms with van der Waals surface area (Å²) in [6, 6.07) is 15.8. The number of pyridine rings is 1. The molecule has 9 heteroatoms. The zero-order chi connectivity index (χ0) is 27.8. The van der Waals surface area contributed by atoms with E-state index in [1.807, 2.05) is 35.9 Å². The lowest BCUT2D eigenvalue weighted by molar-refractivity contribution is 0.0995. The molecule has 2 atom stereocenters. The van der Waals surface area contributed by atoms with Gasteiger partial charge in [0.2, 0.25) is 0 Å². The highest BCUT2D eigenvalue weighted by molar-refractivity contribution is 6.10. The molecule has 8 nitrogen and oxygen atoms in total. The predicted molar refractivity (Wildman–Crippen MR) is 150 cm³/mol. The molecular weight excluding hydrogens is 517 g/mol. The van der Waals surface area contributed by atoms with Gasteiger partial charge in [0.05, 0.1) is 18.2 Å². The van der Waals surface area contributed by atoms with Crippen LogP contribution in [0.1, 0.15) is 64.3 Å². The highest BCUT2D eigenvalue weighted by atomic mass is 19.1. The number of carbonyl (C=O) groups is 1. The summed E-state index contributed by atoms with van der Waals surface area (Å²) < 4.78 is 17.2. The zero-order valence-corrected chi connectivity index (χ0v) is 22.7. The highest BCUT2D eigenvalue weighted by Crippen LogP contribution is 2.46. The van der Waals surface area contributed by atoms with Crippen LogP contribution in [-0.2, 0) is 20.1 Å². The predicted octanol–water partition coefficient (Wildman–Crippen LogP) is 5.19. The van der Waals surface area contributed by atoms with Crippen molar-refractivity contribution in [2.24, 2.45) is 13.0 Å². The molecule has 0 bridgehead atoms. The average Bonchev–Trinajstić information content (AvgIpc) is 3.87. The van der Waals surface area contributed by atoms with Gasteiger partial charge >= 0.3 is 0 Å². The molecule has 2 aliphatic carbocycles. The van der Waals surface area contributed by atoms with Gasteiger partial charge in [-0.15, -0.1) is 10.2 Å². The summed E-state index contributed by atoms with van der Waals surface area (Å²) in [5.74, 6) is 1.75. The van der Waals surface area contributed by atoms with Gasteiger partial charge in [-0.25, -0.2) is 9.37 Å². The van der Waals surface area contributed by atoms with Gasteiger partial charge in [-0.1, -0.05) is 6.07 Å². The van der Waals surface area contributed by atoms with Gasteiger partial charge in [0.1, 0.15) is 18.0 Å². The fourth-order valence-electron chi connectivity index (χ4n) is 6.61. The average molecular weight is 546 g/mol. The molecule has 4 aromatic rings. The van der Waals surface area contributed by atoms with Crippen LogP contribution in [0.4, 0.5) is 10.2 Å². The quantitative estimate of drug-likeness (QED) is 0.331. The van der Waals surface area contributed by atoms with Crippen molar-refractivity contribution >= 4 is 11.7 Å². The monoisotopic (exact) mass is 545 g/mol. The Labute approximate surface area is 237 Å². The summed E-state index contributed by atoms with van der Waals surface area (Å²) in [4.78, 5) is 22.7. The Morgan fingerprint density at radius 2 is 1.95 bits per heavy atom. The molecule has 204 valence electrons. The summed E-state index contributed by atoms with van der Waals surface area (Å²) >= 11 is 0. The molecule has 0 spiro atoms. The van der Waals surface area contributed by atoms with Crippen LogP contribution in [0, 0.1) is 23.1 Å². The molecule has 1 amide bonds. The highest BCUT2D eigenvalue weighted by Gasteiger charge is 2.46. The zero-order valence-electron chi connectivity index (χ0n) is 22.7. The van der Waals surface area contributed by atoms with E-state index in [1.54, 1.807) is 23.4 Å². The van der Waals surface area contributed by atoms with Gasteiger partial charge in [0.25, 0.3) is 5.91 Å². The van der Waals surface area contributed by atoms with E-state index >= 15 is 4.39 Å². The number of rotatable bonds is 6. The lowest BCUT2D eigenvalue weighted by Gasteiger charge is -2.18. The molecule has 8 rings (SSSR count). The molecule has 4 aliphatic rings. The van der Waals surface area contributed by atoms with Crippen molar-refractivity contribution < 1.29 is 9.18 Å². The Morgan fingerprint density at radius 3 is 2.66 bits per heavy atom. The van der Waals surface area contributed by atoms with Crippen LogP contribution in [0.2, 0.25) is 0 Å². The molecule has 2 aromatic heterocycles. The molecule has 2 unspecified atom stereocenters. The Hall–Kier alpha value is -4.42. The number of fused-ring (bicyclic) bond motifs is 2. The van der Waals surface area contributed by atoms with Crippen molar-refractivity contribution in [1.82, 2.24) is 24.6 Å². The van der Waals surface area contributed by atoms with Gasteiger partial charge < -0.3 is 4.57 Å². The fourth-order valence-corrected chi connectivity index (χ4v) is 6.61. The number of likely N-dealkylation sites (tertiary alicyclic amines) is 1. The fraction of sp³-hybridized carbons (Fsp3) is 0.344. The van der Waals surface area contributed by atoms with Crippen LogP contribution in [0.3, 0.4) is 0 Å². The van der Waals surface area contributed by atoms with Crippen molar-refractivity contribution in [3.63, 3.8) is 0 Å².